The highest BCUT2D eigenvalue weighted by Crippen LogP contribution is 2.30. The smallest absolute Gasteiger partial charge is 0.121 e. The molecule has 0 aliphatic carbocycles. The SMILES string of the molecule is CC(COc1cccc(-n2nc(-c3ccccc3)c3ccccc32)c1)CN(C)C. The summed E-state index contributed by atoms with van der Waals surface area (Å²) in [4.78, 5) is 2.19. The van der Waals surface area contributed by atoms with Crippen molar-refractivity contribution in [3.63, 3.8) is 0 Å². The lowest BCUT2D eigenvalue weighted by molar-refractivity contribution is 0.222. The van der Waals surface area contributed by atoms with Crippen LogP contribution in [0.25, 0.3) is 27.8 Å². The summed E-state index contributed by atoms with van der Waals surface area (Å²) in [5.74, 6) is 1.33. The minimum Gasteiger partial charge on any atom is -0.493 e. The molecule has 1 atom stereocenters. The third kappa shape index (κ3) is 4.33. The molecule has 0 bridgehead atoms. The summed E-state index contributed by atoms with van der Waals surface area (Å²) in [5.41, 5.74) is 4.20. The van der Waals surface area contributed by atoms with Crippen molar-refractivity contribution in [3.05, 3.63) is 78.9 Å². The zero-order valence-electron chi connectivity index (χ0n) is 17.2. The second-order valence-electron chi connectivity index (χ2n) is 7.82. The highest BCUT2D eigenvalue weighted by atomic mass is 16.5. The van der Waals surface area contributed by atoms with Crippen molar-refractivity contribution in [1.82, 2.24) is 14.7 Å². The predicted molar refractivity (Wildman–Crippen MR) is 120 cm³/mol. The van der Waals surface area contributed by atoms with E-state index in [0.29, 0.717) is 12.5 Å². The number of hydrogen-bond donors (Lipinski definition) is 0. The van der Waals surface area contributed by atoms with Crippen molar-refractivity contribution in [2.45, 2.75) is 6.92 Å². The van der Waals surface area contributed by atoms with Crippen molar-refractivity contribution in [2.24, 2.45) is 5.92 Å². The lowest BCUT2D eigenvalue weighted by atomic mass is 10.1. The minimum atomic E-state index is 0.462. The lowest BCUT2D eigenvalue weighted by Gasteiger charge is -2.17. The Labute approximate surface area is 172 Å². The highest BCUT2D eigenvalue weighted by Gasteiger charge is 2.13. The standard InChI is InChI=1S/C25H27N3O/c1-19(17-27(2)3)18-29-22-13-9-12-21(16-22)28-24-15-8-7-14-23(24)25(26-28)20-10-5-4-6-11-20/h4-16,19H,17-18H2,1-3H3. The van der Waals surface area contributed by atoms with E-state index < -0.39 is 0 Å². The van der Waals surface area contributed by atoms with Gasteiger partial charge in [-0.1, -0.05) is 61.5 Å². The number of aromatic nitrogens is 2. The van der Waals surface area contributed by atoms with Crippen LogP contribution in [0.3, 0.4) is 0 Å². The van der Waals surface area contributed by atoms with Gasteiger partial charge in [-0.2, -0.15) is 5.10 Å². The average Bonchev–Trinajstić information content (AvgIpc) is 3.12. The Bertz CT molecular complexity index is 1090. The van der Waals surface area contributed by atoms with Crippen LogP contribution in [0.1, 0.15) is 6.92 Å². The van der Waals surface area contributed by atoms with Gasteiger partial charge in [-0.05, 0) is 32.3 Å². The van der Waals surface area contributed by atoms with Gasteiger partial charge in [-0.3, -0.25) is 0 Å². The van der Waals surface area contributed by atoms with Gasteiger partial charge in [0.2, 0.25) is 0 Å². The molecule has 4 nitrogen and oxygen atoms in total. The maximum Gasteiger partial charge on any atom is 0.121 e. The number of ether oxygens (including phenoxy) is 1. The lowest BCUT2D eigenvalue weighted by Crippen LogP contribution is -2.24. The molecule has 0 radical (unpaired) electrons. The molecule has 4 rings (SSSR count). The first kappa shape index (κ1) is 19.2. The monoisotopic (exact) mass is 385 g/mol. The van der Waals surface area contributed by atoms with Crippen molar-refractivity contribution in [3.8, 4) is 22.7 Å². The molecule has 4 aromatic rings. The van der Waals surface area contributed by atoms with Gasteiger partial charge in [0, 0.05) is 29.5 Å². The molecule has 148 valence electrons. The molecule has 1 heterocycles. The Morgan fingerprint density at radius 1 is 0.931 bits per heavy atom. The van der Waals surface area contributed by atoms with E-state index in [0.717, 1.165) is 40.1 Å². The summed E-state index contributed by atoms with van der Waals surface area (Å²) in [6.07, 6.45) is 0. The number of hydrogen-bond acceptors (Lipinski definition) is 3. The minimum absolute atomic E-state index is 0.462. The zero-order chi connectivity index (χ0) is 20.2. The Morgan fingerprint density at radius 3 is 2.48 bits per heavy atom. The van der Waals surface area contributed by atoms with E-state index in [1.54, 1.807) is 0 Å². The van der Waals surface area contributed by atoms with Crippen LogP contribution in [0.5, 0.6) is 5.75 Å². The van der Waals surface area contributed by atoms with Gasteiger partial charge >= 0.3 is 0 Å². The first-order chi connectivity index (χ1) is 14.1. The second-order valence-corrected chi connectivity index (χ2v) is 7.82. The van der Waals surface area contributed by atoms with Crippen LogP contribution in [-0.4, -0.2) is 41.9 Å². The van der Waals surface area contributed by atoms with Gasteiger partial charge < -0.3 is 9.64 Å². The van der Waals surface area contributed by atoms with Crippen LogP contribution < -0.4 is 4.74 Å². The molecule has 29 heavy (non-hydrogen) atoms. The summed E-state index contributed by atoms with van der Waals surface area (Å²) in [5, 5.41) is 6.10. The first-order valence-electron chi connectivity index (χ1n) is 10.0. The van der Waals surface area contributed by atoms with Gasteiger partial charge in [0.25, 0.3) is 0 Å². The molecular formula is C25H27N3O. The Hall–Kier alpha value is -3.11. The van der Waals surface area contributed by atoms with Gasteiger partial charge in [0.15, 0.2) is 0 Å². The molecule has 0 spiro atoms. The number of fused-ring (bicyclic) bond motifs is 1. The fourth-order valence-corrected chi connectivity index (χ4v) is 3.69. The predicted octanol–water partition coefficient (Wildman–Crippen LogP) is 5.27. The molecule has 0 fully saturated rings. The quantitative estimate of drug-likeness (QED) is 0.434. The number of nitrogens with zero attached hydrogens (tertiary/aromatic N) is 3. The van der Waals surface area contributed by atoms with Crippen molar-refractivity contribution in [2.75, 3.05) is 27.2 Å². The summed E-state index contributed by atoms with van der Waals surface area (Å²) in [7, 11) is 4.18. The van der Waals surface area contributed by atoms with Gasteiger partial charge in [0.05, 0.1) is 17.8 Å². The van der Waals surface area contributed by atoms with E-state index in [9.17, 15) is 0 Å². The summed E-state index contributed by atoms with van der Waals surface area (Å²) in [6.45, 7) is 3.90. The third-order valence-corrected chi connectivity index (χ3v) is 4.91. The van der Waals surface area contributed by atoms with Gasteiger partial charge in [-0.25, -0.2) is 4.68 Å². The Kier molecular flexibility index (Phi) is 5.63. The second kappa shape index (κ2) is 8.50. The average molecular weight is 386 g/mol. The fraction of sp³-hybridized carbons (Fsp3) is 0.240. The van der Waals surface area contributed by atoms with E-state index >= 15 is 0 Å². The highest BCUT2D eigenvalue weighted by molar-refractivity contribution is 5.94. The molecule has 1 unspecified atom stereocenters. The third-order valence-electron chi connectivity index (χ3n) is 4.91. The molecule has 0 saturated heterocycles. The molecule has 0 aliphatic rings. The van der Waals surface area contributed by atoms with Crippen molar-refractivity contribution in [1.29, 1.82) is 0 Å². The van der Waals surface area contributed by atoms with Gasteiger partial charge in [0.1, 0.15) is 11.4 Å². The maximum absolute atomic E-state index is 6.07. The molecule has 1 aromatic heterocycles. The van der Waals surface area contributed by atoms with Crippen LogP contribution in [-0.2, 0) is 0 Å². The molecule has 0 amide bonds. The summed E-state index contributed by atoms with van der Waals surface area (Å²) >= 11 is 0. The Balaban J connectivity index is 1.67. The molecule has 0 N–H and O–H groups in total. The normalized spacial score (nSPS) is 12.4. The molecule has 4 heteroatoms. The van der Waals surface area contributed by atoms with E-state index in [4.69, 9.17) is 9.84 Å². The van der Waals surface area contributed by atoms with Crippen LogP contribution in [0.2, 0.25) is 0 Å². The largest absolute Gasteiger partial charge is 0.493 e. The number of para-hydroxylation sites is 1. The van der Waals surface area contributed by atoms with E-state index in [1.807, 2.05) is 35.0 Å². The van der Waals surface area contributed by atoms with Crippen LogP contribution in [0.15, 0.2) is 78.9 Å². The van der Waals surface area contributed by atoms with Gasteiger partial charge in [-0.15, -0.1) is 0 Å². The van der Waals surface area contributed by atoms with E-state index in [2.05, 4.69) is 74.4 Å². The van der Waals surface area contributed by atoms with E-state index in [-0.39, 0.29) is 0 Å². The first-order valence-corrected chi connectivity index (χ1v) is 10.0. The maximum atomic E-state index is 6.07. The molecular weight excluding hydrogens is 358 g/mol. The van der Waals surface area contributed by atoms with Crippen LogP contribution >= 0.6 is 0 Å². The zero-order valence-corrected chi connectivity index (χ0v) is 17.2. The molecule has 0 saturated carbocycles. The Morgan fingerprint density at radius 2 is 1.69 bits per heavy atom. The number of rotatable bonds is 7. The van der Waals surface area contributed by atoms with Crippen molar-refractivity contribution < 1.29 is 4.74 Å². The van der Waals surface area contributed by atoms with E-state index in [1.165, 1.54) is 0 Å². The topological polar surface area (TPSA) is 30.3 Å². The fourth-order valence-electron chi connectivity index (χ4n) is 3.69. The molecule has 3 aromatic carbocycles. The summed E-state index contributed by atoms with van der Waals surface area (Å²) < 4.78 is 8.07. The van der Waals surface area contributed by atoms with Crippen molar-refractivity contribution >= 4 is 10.9 Å². The van der Waals surface area contributed by atoms with Crippen LogP contribution in [0, 0.1) is 5.92 Å². The van der Waals surface area contributed by atoms with Crippen LogP contribution in [0.4, 0.5) is 0 Å². The molecule has 0 aliphatic heterocycles. The summed E-state index contributed by atoms with van der Waals surface area (Å²) in [6, 6.07) is 26.9. The number of benzene rings is 3.